The first-order valence-electron chi connectivity index (χ1n) is 4.91. The molecule has 0 rings (SSSR count). The summed E-state index contributed by atoms with van der Waals surface area (Å²) in [5, 5.41) is -0.401. The molecular weight excluding hydrogens is 350 g/mol. The molecule has 0 heterocycles. The summed E-state index contributed by atoms with van der Waals surface area (Å²) in [5.41, 5.74) is -0.132. The van der Waals surface area contributed by atoms with E-state index in [1.165, 1.54) is 0 Å². The fourth-order valence-electron chi connectivity index (χ4n) is 1.05. The van der Waals surface area contributed by atoms with Gasteiger partial charge >= 0.3 is 0 Å². The van der Waals surface area contributed by atoms with Crippen LogP contribution in [0.15, 0.2) is 0 Å². The van der Waals surface area contributed by atoms with Crippen molar-refractivity contribution in [3.8, 4) is 0 Å². The maximum atomic E-state index is 12.4. The van der Waals surface area contributed by atoms with E-state index in [2.05, 4.69) is 0 Å². The van der Waals surface area contributed by atoms with Crippen molar-refractivity contribution in [2.45, 2.75) is 5.38 Å². The molecule has 0 N–H and O–H groups in total. The molecule has 0 radical (unpaired) electrons. The topological polar surface area (TPSA) is 29.5 Å². The SMILES string of the molecule is O=P(CCl)(OCC(Cl)CCl)N(CCCl)CCCl. The van der Waals surface area contributed by atoms with Gasteiger partial charge in [-0.25, -0.2) is 4.67 Å². The first-order chi connectivity index (χ1) is 8.03. The van der Waals surface area contributed by atoms with Crippen LogP contribution in [0.3, 0.4) is 0 Å². The Labute approximate surface area is 127 Å². The van der Waals surface area contributed by atoms with E-state index in [1.807, 2.05) is 0 Å². The minimum Gasteiger partial charge on any atom is -0.315 e. The van der Waals surface area contributed by atoms with E-state index < -0.39 is 12.9 Å². The van der Waals surface area contributed by atoms with Crippen LogP contribution in [0.4, 0.5) is 0 Å². The Balaban J connectivity index is 4.53. The van der Waals surface area contributed by atoms with Crippen molar-refractivity contribution in [3.05, 3.63) is 0 Å². The quantitative estimate of drug-likeness (QED) is 0.433. The fourth-order valence-corrected chi connectivity index (χ4v) is 4.20. The smallest absolute Gasteiger partial charge is 0.287 e. The lowest BCUT2D eigenvalue weighted by Gasteiger charge is -2.29. The van der Waals surface area contributed by atoms with E-state index in [1.54, 1.807) is 4.67 Å². The van der Waals surface area contributed by atoms with E-state index in [0.29, 0.717) is 24.8 Å². The molecule has 0 spiro atoms. The van der Waals surface area contributed by atoms with Gasteiger partial charge in [-0.05, 0) is 0 Å². The van der Waals surface area contributed by atoms with Gasteiger partial charge in [0.25, 0.3) is 7.52 Å². The van der Waals surface area contributed by atoms with Crippen LogP contribution in [0.5, 0.6) is 0 Å². The van der Waals surface area contributed by atoms with Crippen LogP contribution < -0.4 is 0 Å². The number of nitrogens with zero attached hydrogens (tertiary/aromatic N) is 1. The highest BCUT2D eigenvalue weighted by atomic mass is 35.5. The summed E-state index contributed by atoms with van der Waals surface area (Å²) in [4.78, 5) is 0. The molecular formula is C8H15Cl5NO2P. The largest absolute Gasteiger partial charge is 0.315 e. The van der Waals surface area contributed by atoms with Gasteiger partial charge in [0.05, 0.1) is 12.0 Å². The zero-order valence-electron chi connectivity index (χ0n) is 9.13. The molecule has 0 aromatic carbocycles. The molecule has 0 aromatic rings. The molecule has 9 heteroatoms. The normalized spacial score (nSPS) is 17.1. The molecule has 0 aliphatic rings. The molecule has 2 atom stereocenters. The monoisotopic (exact) mass is 363 g/mol. The van der Waals surface area contributed by atoms with Crippen molar-refractivity contribution in [2.24, 2.45) is 0 Å². The Hall–Kier alpha value is 1.60. The number of alkyl halides is 5. The summed E-state index contributed by atoms with van der Waals surface area (Å²) in [6.45, 7) is 0.869. The van der Waals surface area contributed by atoms with Gasteiger partial charge < -0.3 is 4.52 Å². The van der Waals surface area contributed by atoms with Crippen molar-refractivity contribution in [1.82, 2.24) is 4.67 Å². The van der Waals surface area contributed by atoms with E-state index in [0.717, 1.165) is 0 Å². The maximum absolute atomic E-state index is 12.4. The second-order valence-corrected chi connectivity index (χ2v) is 7.87. The lowest BCUT2D eigenvalue weighted by Crippen LogP contribution is -2.28. The Morgan fingerprint density at radius 3 is 2.00 bits per heavy atom. The van der Waals surface area contributed by atoms with Crippen LogP contribution >= 0.6 is 65.5 Å². The van der Waals surface area contributed by atoms with Gasteiger partial charge in [-0.2, -0.15) is 0 Å². The first-order valence-corrected chi connectivity index (χ1v) is 9.24. The third kappa shape index (κ3) is 7.08. The molecule has 3 nitrogen and oxygen atoms in total. The summed E-state index contributed by atoms with van der Waals surface area (Å²) < 4.78 is 19.3. The minimum absolute atomic E-state index is 0.0795. The van der Waals surface area contributed by atoms with Crippen LogP contribution in [0.1, 0.15) is 0 Å². The molecule has 0 amide bonds. The van der Waals surface area contributed by atoms with Crippen LogP contribution in [-0.4, -0.2) is 53.0 Å². The van der Waals surface area contributed by atoms with Gasteiger partial charge in [-0.15, -0.1) is 58.0 Å². The molecule has 0 aromatic heterocycles. The molecule has 0 fully saturated rings. The first kappa shape index (κ1) is 18.6. The average Bonchev–Trinajstić information content (AvgIpc) is 2.35. The van der Waals surface area contributed by atoms with Gasteiger partial charge in [-0.1, -0.05) is 0 Å². The number of hydrogen-bond acceptors (Lipinski definition) is 2. The van der Waals surface area contributed by atoms with Gasteiger partial charge in [0, 0.05) is 30.7 Å². The van der Waals surface area contributed by atoms with Crippen molar-refractivity contribution in [1.29, 1.82) is 0 Å². The predicted octanol–water partition coefficient (Wildman–Crippen LogP) is 4.02. The fraction of sp³-hybridized carbons (Fsp3) is 1.00. The molecule has 0 bridgehead atoms. The van der Waals surface area contributed by atoms with Crippen molar-refractivity contribution >= 4 is 65.5 Å². The number of rotatable bonds is 10. The molecule has 17 heavy (non-hydrogen) atoms. The molecule has 0 saturated heterocycles. The highest BCUT2D eigenvalue weighted by Gasteiger charge is 2.30. The number of hydrogen-bond donors (Lipinski definition) is 0. The molecule has 0 aliphatic carbocycles. The van der Waals surface area contributed by atoms with E-state index in [-0.39, 0.29) is 18.1 Å². The Morgan fingerprint density at radius 1 is 1.12 bits per heavy atom. The average molecular weight is 365 g/mol. The number of halogens is 5. The molecule has 0 saturated carbocycles. The lowest BCUT2D eigenvalue weighted by atomic mass is 10.5. The van der Waals surface area contributed by atoms with E-state index >= 15 is 0 Å². The zero-order valence-corrected chi connectivity index (χ0v) is 13.8. The lowest BCUT2D eigenvalue weighted by molar-refractivity contribution is 0.271. The molecule has 104 valence electrons. The van der Waals surface area contributed by atoms with Crippen molar-refractivity contribution < 1.29 is 9.09 Å². The Bertz CT molecular complexity index is 240. The van der Waals surface area contributed by atoms with Gasteiger partial charge in [-0.3, -0.25) is 4.57 Å². The molecule has 0 aliphatic heterocycles. The van der Waals surface area contributed by atoms with Gasteiger partial charge in [0.15, 0.2) is 0 Å². The Morgan fingerprint density at radius 2 is 1.65 bits per heavy atom. The third-order valence-corrected chi connectivity index (χ3v) is 6.06. The Kier molecular flexibility index (Phi) is 11.4. The summed E-state index contributed by atoms with van der Waals surface area (Å²) in [6.07, 6.45) is 0. The van der Waals surface area contributed by atoms with Crippen molar-refractivity contribution in [2.75, 3.05) is 43.0 Å². The van der Waals surface area contributed by atoms with Gasteiger partial charge in [0.1, 0.15) is 5.62 Å². The van der Waals surface area contributed by atoms with Crippen LogP contribution in [0, 0.1) is 0 Å². The highest BCUT2D eigenvalue weighted by Crippen LogP contribution is 2.51. The third-order valence-electron chi connectivity index (χ3n) is 1.89. The second kappa shape index (κ2) is 10.4. The predicted molar refractivity (Wildman–Crippen MR) is 77.7 cm³/mol. The second-order valence-electron chi connectivity index (χ2n) is 3.14. The minimum atomic E-state index is -3.12. The summed E-state index contributed by atoms with van der Waals surface area (Å²) in [5.74, 6) is 0.858. The summed E-state index contributed by atoms with van der Waals surface area (Å²) in [6, 6.07) is 0. The van der Waals surface area contributed by atoms with Crippen LogP contribution in [0.25, 0.3) is 0 Å². The van der Waals surface area contributed by atoms with Crippen LogP contribution in [-0.2, 0) is 9.09 Å². The van der Waals surface area contributed by atoms with Crippen LogP contribution in [0.2, 0.25) is 0 Å². The highest BCUT2D eigenvalue weighted by molar-refractivity contribution is 7.58. The summed E-state index contributed by atoms with van der Waals surface area (Å²) in [7, 11) is -3.12. The molecule has 2 unspecified atom stereocenters. The zero-order chi connectivity index (χ0) is 13.3. The maximum Gasteiger partial charge on any atom is 0.287 e. The standard InChI is InChI=1S/C8H15Cl5NO2P/c9-1-3-14(4-2-10)17(15,7-12)16-6-8(13)5-11/h8H,1-7H2. The van der Waals surface area contributed by atoms with Crippen molar-refractivity contribution in [3.63, 3.8) is 0 Å². The van der Waals surface area contributed by atoms with E-state index in [9.17, 15) is 4.57 Å². The summed E-state index contributed by atoms with van der Waals surface area (Å²) >= 11 is 28.3. The van der Waals surface area contributed by atoms with Gasteiger partial charge in [0.2, 0.25) is 0 Å². The van der Waals surface area contributed by atoms with E-state index in [4.69, 9.17) is 62.5 Å².